The molecular weight excluding hydrogens is 275 g/mol. The van der Waals surface area contributed by atoms with Crippen molar-refractivity contribution in [1.29, 1.82) is 0 Å². The number of hydrogen-bond acceptors (Lipinski definition) is 4. The van der Waals surface area contributed by atoms with E-state index in [-0.39, 0.29) is 12.5 Å². The van der Waals surface area contributed by atoms with E-state index in [1.807, 2.05) is 25.2 Å². The van der Waals surface area contributed by atoms with Crippen molar-refractivity contribution < 1.29 is 14.6 Å². The van der Waals surface area contributed by atoms with Crippen LogP contribution in [0.3, 0.4) is 0 Å². The zero-order valence-electron chi connectivity index (χ0n) is 12.9. The number of amides is 1. The minimum atomic E-state index is -2.32. The van der Waals surface area contributed by atoms with Gasteiger partial charge in [0.1, 0.15) is 0 Å². The number of hydrogen-bond donors (Lipinski definition) is 2. The molecule has 6 heteroatoms. The van der Waals surface area contributed by atoms with Gasteiger partial charge in [-0.15, -0.1) is 0 Å². The summed E-state index contributed by atoms with van der Waals surface area (Å²) in [5, 5.41) is 12.9. The molecule has 0 aromatic carbocycles. The van der Waals surface area contributed by atoms with Crippen LogP contribution in [0.2, 0.25) is 0 Å². The van der Waals surface area contributed by atoms with Gasteiger partial charge in [-0.05, 0) is 39.5 Å². The fraction of sp³-hybridized carbons (Fsp3) is 0.643. The zero-order chi connectivity index (χ0) is 15.6. The fourth-order valence-electron chi connectivity index (χ4n) is 1.65. The highest BCUT2D eigenvalue weighted by Crippen LogP contribution is 2.43. The number of carbonyl (C=O) groups excluding carboxylic acids is 1. The lowest BCUT2D eigenvalue weighted by molar-refractivity contribution is -0.164. The van der Waals surface area contributed by atoms with Gasteiger partial charge in [-0.3, -0.25) is 15.3 Å². The van der Waals surface area contributed by atoms with E-state index in [0.29, 0.717) is 5.06 Å². The van der Waals surface area contributed by atoms with Gasteiger partial charge in [0, 0.05) is 6.92 Å². The van der Waals surface area contributed by atoms with Gasteiger partial charge >= 0.3 is 0 Å². The molecule has 1 atom stereocenters. The van der Waals surface area contributed by atoms with Gasteiger partial charge < -0.3 is 4.57 Å². The maximum absolute atomic E-state index is 12.2. The van der Waals surface area contributed by atoms with Crippen LogP contribution in [0.5, 0.6) is 0 Å². The lowest BCUT2D eigenvalue weighted by atomic mass is 10.2. The number of nitrogens with one attached hydrogen (secondary N) is 1. The fourth-order valence-corrected chi connectivity index (χ4v) is 2.98. The predicted octanol–water partition coefficient (Wildman–Crippen LogP) is 3.02. The summed E-state index contributed by atoms with van der Waals surface area (Å²) in [6.07, 6.45) is 10.6. The van der Waals surface area contributed by atoms with E-state index in [9.17, 15) is 14.6 Å². The highest BCUT2D eigenvalue weighted by Gasteiger charge is 2.22. The Morgan fingerprint density at radius 3 is 2.55 bits per heavy atom. The van der Waals surface area contributed by atoms with Crippen LogP contribution in [0, 0.1) is 0 Å². The Bertz CT molecular complexity index is 388. The first kappa shape index (κ1) is 19.1. The summed E-state index contributed by atoms with van der Waals surface area (Å²) in [4.78, 5) is 10.9. The van der Waals surface area contributed by atoms with Crippen molar-refractivity contribution in [3.8, 4) is 0 Å². The van der Waals surface area contributed by atoms with Crippen LogP contribution in [0.1, 0.15) is 33.1 Å². The number of unbranched alkanes of at least 4 members (excludes halogenated alkanes) is 1. The lowest BCUT2D eigenvalue weighted by Crippen LogP contribution is -2.40. The van der Waals surface area contributed by atoms with E-state index in [1.54, 1.807) is 13.3 Å². The van der Waals surface area contributed by atoms with Crippen molar-refractivity contribution in [2.75, 3.05) is 20.0 Å². The van der Waals surface area contributed by atoms with E-state index in [1.165, 1.54) is 6.92 Å². The second-order valence-corrected chi connectivity index (χ2v) is 8.61. The van der Waals surface area contributed by atoms with E-state index in [4.69, 9.17) is 0 Å². The molecule has 2 N–H and O–H groups in total. The molecule has 0 aliphatic carbocycles. The smallest absolute Gasteiger partial charge is 0.244 e. The summed E-state index contributed by atoms with van der Waals surface area (Å²) in [5.41, 5.74) is 0. The maximum atomic E-state index is 12.2. The second-order valence-electron chi connectivity index (χ2n) is 5.12. The van der Waals surface area contributed by atoms with Crippen LogP contribution in [-0.2, 0) is 9.36 Å². The molecule has 0 heterocycles. The summed E-state index contributed by atoms with van der Waals surface area (Å²) in [7, 11) is -2.32. The molecule has 1 unspecified atom stereocenters. The maximum Gasteiger partial charge on any atom is 0.244 e. The molecule has 1 amide bonds. The Hall–Kier alpha value is -0.900. The molecular formula is C14H27N2O3P. The minimum absolute atomic E-state index is 0.0000811. The van der Waals surface area contributed by atoms with Crippen molar-refractivity contribution in [3.63, 3.8) is 0 Å². The topological polar surface area (TPSA) is 69.6 Å². The van der Waals surface area contributed by atoms with Crippen molar-refractivity contribution >= 4 is 13.0 Å². The molecule has 0 aliphatic heterocycles. The average molecular weight is 302 g/mol. The standard InChI is InChI=1S/C14H27N2O3P/c1-5-6-7-8-9-10-11-14(20(3,4)19)15-12-16(18)13(2)17/h5-8,14-15,18H,9-12H2,1-4H3/b6-5-,8-7-. The van der Waals surface area contributed by atoms with Crippen molar-refractivity contribution in [3.05, 3.63) is 24.3 Å². The van der Waals surface area contributed by atoms with Gasteiger partial charge in [-0.1, -0.05) is 24.3 Å². The number of rotatable bonds is 9. The van der Waals surface area contributed by atoms with E-state index in [2.05, 4.69) is 11.4 Å². The van der Waals surface area contributed by atoms with E-state index in [0.717, 1.165) is 19.3 Å². The number of allylic oxidation sites excluding steroid dienone is 4. The van der Waals surface area contributed by atoms with Crippen LogP contribution in [0.25, 0.3) is 0 Å². The van der Waals surface area contributed by atoms with Gasteiger partial charge in [0.15, 0.2) is 0 Å². The third-order valence-corrected chi connectivity index (χ3v) is 4.82. The van der Waals surface area contributed by atoms with Crippen LogP contribution in [0.15, 0.2) is 24.3 Å². The first-order valence-corrected chi connectivity index (χ1v) is 9.49. The first-order valence-electron chi connectivity index (χ1n) is 6.82. The quantitative estimate of drug-likeness (QED) is 0.171. The Kier molecular flexibility index (Phi) is 9.47. The Morgan fingerprint density at radius 1 is 1.40 bits per heavy atom. The second kappa shape index (κ2) is 9.92. The SMILES string of the molecule is C/C=C\C=C/CCCC(NCN(O)C(C)=O)P(C)(C)=O. The molecule has 116 valence electrons. The molecule has 0 spiro atoms. The highest BCUT2D eigenvalue weighted by atomic mass is 31.2. The molecule has 0 aromatic rings. The first-order chi connectivity index (χ1) is 9.29. The van der Waals surface area contributed by atoms with Crippen molar-refractivity contribution in [1.82, 2.24) is 10.4 Å². The summed E-state index contributed by atoms with van der Waals surface area (Å²) in [5.74, 6) is -0.626. The summed E-state index contributed by atoms with van der Waals surface area (Å²) in [6.45, 7) is 6.68. The molecule has 0 fully saturated rings. The Balaban J connectivity index is 4.24. The highest BCUT2D eigenvalue weighted by molar-refractivity contribution is 7.63. The van der Waals surface area contributed by atoms with Gasteiger partial charge in [0.2, 0.25) is 5.91 Å². The molecule has 0 saturated carbocycles. The molecule has 0 radical (unpaired) electrons. The predicted molar refractivity (Wildman–Crippen MR) is 83.4 cm³/mol. The number of carbonyl (C=O) groups is 1. The molecule has 0 bridgehead atoms. The van der Waals surface area contributed by atoms with Crippen molar-refractivity contribution in [2.24, 2.45) is 0 Å². The summed E-state index contributed by atoms with van der Waals surface area (Å²) in [6, 6.07) is 0. The molecule has 0 saturated heterocycles. The van der Waals surface area contributed by atoms with Gasteiger partial charge in [-0.25, -0.2) is 5.06 Å². The van der Waals surface area contributed by atoms with Crippen LogP contribution >= 0.6 is 7.14 Å². The van der Waals surface area contributed by atoms with Crippen molar-refractivity contribution in [2.45, 2.75) is 38.9 Å². The Morgan fingerprint density at radius 2 is 2.05 bits per heavy atom. The average Bonchev–Trinajstić information content (AvgIpc) is 2.34. The molecule has 0 rings (SSSR count). The third-order valence-electron chi connectivity index (χ3n) is 2.88. The van der Waals surface area contributed by atoms with E-state index >= 15 is 0 Å². The van der Waals surface area contributed by atoms with Crippen LogP contribution in [0.4, 0.5) is 0 Å². The number of hydroxylamine groups is 2. The minimum Gasteiger partial charge on any atom is -0.323 e. The summed E-state index contributed by atoms with van der Waals surface area (Å²) >= 11 is 0. The van der Waals surface area contributed by atoms with Crippen LogP contribution < -0.4 is 5.32 Å². The normalized spacial score (nSPS) is 14.1. The lowest BCUT2D eigenvalue weighted by Gasteiger charge is -2.24. The molecule has 5 nitrogen and oxygen atoms in total. The molecule has 0 aromatic heterocycles. The summed E-state index contributed by atoms with van der Waals surface area (Å²) < 4.78 is 12.2. The van der Waals surface area contributed by atoms with Gasteiger partial charge in [-0.2, -0.15) is 0 Å². The largest absolute Gasteiger partial charge is 0.323 e. The van der Waals surface area contributed by atoms with E-state index < -0.39 is 13.0 Å². The van der Waals surface area contributed by atoms with Gasteiger partial charge in [0.25, 0.3) is 0 Å². The van der Waals surface area contributed by atoms with Gasteiger partial charge in [0.05, 0.1) is 19.6 Å². The monoisotopic (exact) mass is 302 g/mol. The third kappa shape index (κ3) is 9.08. The number of nitrogens with zero attached hydrogens (tertiary/aromatic N) is 1. The molecule has 0 aliphatic rings. The van der Waals surface area contributed by atoms with Crippen LogP contribution in [-0.4, -0.2) is 42.0 Å². The Labute approximate surface area is 122 Å². The zero-order valence-corrected chi connectivity index (χ0v) is 13.8. The molecule has 20 heavy (non-hydrogen) atoms.